The van der Waals surface area contributed by atoms with Crippen molar-refractivity contribution in [2.24, 2.45) is 0 Å². The van der Waals surface area contributed by atoms with Crippen LogP contribution < -0.4 is 5.69 Å². The lowest BCUT2D eigenvalue weighted by Crippen LogP contribution is -2.37. The van der Waals surface area contributed by atoms with Crippen LogP contribution in [0, 0.1) is 11.3 Å². The van der Waals surface area contributed by atoms with Gasteiger partial charge in [0.15, 0.2) is 0 Å². The number of halogens is 3. The number of aromatic hydroxyl groups is 1. The molecule has 8 nitrogen and oxygen atoms in total. The quantitative estimate of drug-likeness (QED) is 0.800. The minimum atomic E-state index is -4.80. The number of alkyl halides is 3. The number of rotatable bonds is 1. The summed E-state index contributed by atoms with van der Waals surface area (Å²) in [7, 11) is 1.21. The number of imidazole rings is 1. The normalized spacial score (nSPS) is 20.2. The second-order valence-electron chi connectivity index (χ2n) is 6.56. The first-order valence-corrected chi connectivity index (χ1v) is 8.21. The Bertz CT molecular complexity index is 1100. The van der Waals surface area contributed by atoms with Gasteiger partial charge >= 0.3 is 18.0 Å². The molecule has 1 N–H and O–H groups in total. The Hall–Kier alpha value is -3.42. The average Bonchev–Trinajstić information content (AvgIpc) is 3.31. The van der Waals surface area contributed by atoms with Gasteiger partial charge in [-0.2, -0.15) is 18.4 Å². The lowest BCUT2D eigenvalue weighted by molar-refractivity contribution is -0.137. The minimum absolute atomic E-state index is 0.157. The fraction of sp³-hybridized carbons (Fsp3) is 0.353. The maximum atomic E-state index is 13.2. The number of ether oxygens (including phenoxy) is 1. The van der Waals surface area contributed by atoms with E-state index < -0.39 is 47.0 Å². The number of methoxy groups -OCH3 is 1. The number of benzene rings is 1. The van der Waals surface area contributed by atoms with E-state index in [0.717, 1.165) is 16.7 Å². The van der Waals surface area contributed by atoms with E-state index in [2.05, 4.69) is 0 Å². The molecule has 2 atom stereocenters. The van der Waals surface area contributed by atoms with Crippen molar-refractivity contribution >= 4 is 6.09 Å². The highest BCUT2D eigenvalue weighted by Gasteiger charge is 2.49. The molecule has 2 aliphatic rings. The smallest absolute Gasteiger partial charge is 0.417 e. The predicted molar refractivity (Wildman–Crippen MR) is 86.9 cm³/mol. The van der Waals surface area contributed by atoms with Crippen LogP contribution in [0.15, 0.2) is 23.0 Å². The van der Waals surface area contributed by atoms with Gasteiger partial charge in [0.25, 0.3) is 0 Å². The molecular formula is C17H13F3N4O4. The fourth-order valence-electron chi connectivity index (χ4n) is 4.00. The molecule has 2 aliphatic heterocycles. The third-order valence-electron chi connectivity index (χ3n) is 5.15. The SMILES string of the molecule is COC(=O)N1C[C@@H]2C[C@H]1c1c(O)n(-c3ccc(C#N)c(C(F)(F)F)c3)c(=O)n12. The summed E-state index contributed by atoms with van der Waals surface area (Å²) >= 11 is 0. The summed E-state index contributed by atoms with van der Waals surface area (Å²) in [5.41, 5.74) is -2.57. The summed E-state index contributed by atoms with van der Waals surface area (Å²) < 4.78 is 46.5. The molecule has 3 heterocycles. The zero-order valence-corrected chi connectivity index (χ0v) is 14.4. The van der Waals surface area contributed by atoms with Crippen molar-refractivity contribution in [3.8, 4) is 17.6 Å². The lowest BCUT2D eigenvalue weighted by atomic mass is 10.1. The van der Waals surface area contributed by atoms with Crippen LogP contribution in [0.4, 0.5) is 18.0 Å². The van der Waals surface area contributed by atoms with E-state index in [0.29, 0.717) is 12.5 Å². The van der Waals surface area contributed by atoms with Gasteiger partial charge in [-0.15, -0.1) is 0 Å². The maximum absolute atomic E-state index is 13.2. The average molecular weight is 394 g/mol. The van der Waals surface area contributed by atoms with Gasteiger partial charge in [-0.25, -0.2) is 14.2 Å². The van der Waals surface area contributed by atoms with E-state index in [1.54, 1.807) is 0 Å². The molecule has 2 aromatic rings. The van der Waals surface area contributed by atoms with Gasteiger partial charge in [0, 0.05) is 6.54 Å². The third kappa shape index (κ3) is 2.30. The van der Waals surface area contributed by atoms with Crippen LogP contribution in [-0.4, -0.2) is 38.9 Å². The summed E-state index contributed by atoms with van der Waals surface area (Å²) in [5.74, 6) is -0.538. The van der Waals surface area contributed by atoms with Crippen LogP contribution in [0.5, 0.6) is 5.88 Å². The first-order chi connectivity index (χ1) is 13.2. The largest absolute Gasteiger partial charge is 0.493 e. The summed E-state index contributed by atoms with van der Waals surface area (Å²) in [6.07, 6.45) is -5.00. The highest BCUT2D eigenvalue weighted by atomic mass is 19.4. The Balaban J connectivity index is 1.87. The molecular weight excluding hydrogens is 381 g/mol. The van der Waals surface area contributed by atoms with E-state index in [9.17, 15) is 27.9 Å². The van der Waals surface area contributed by atoms with Crippen LogP contribution in [0.2, 0.25) is 0 Å². The van der Waals surface area contributed by atoms with Crippen LogP contribution in [-0.2, 0) is 10.9 Å². The van der Waals surface area contributed by atoms with Gasteiger partial charge in [-0.1, -0.05) is 0 Å². The van der Waals surface area contributed by atoms with Gasteiger partial charge in [0.1, 0.15) is 5.69 Å². The summed E-state index contributed by atoms with van der Waals surface area (Å²) in [6, 6.07) is 3.21. The summed E-state index contributed by atoms with van der Waals surface area (Å²) in [5, 5.41) is 19.5. The molecule has 1 fully saturated rings. The van der Waals surface area contributed by atoms with Crippen molar-refractivity contribution in [2.45, 2.75) is 24.7 Å². The lowest BCUT2D eigenvalue weighted by Gasteiger charge is -2.26. The highest BCUT2D eigenvalue weighted by Crippen LogP contribution is 2.48. The minimum Gasteiger partial charge on any atom is -0.493 e. The van der Waals surface area contributed by atoms with Crippen molar-refractivity contribution in [1.82, 2.24) is 14.0 Å². The molecule has 1 saturated heterocycles. The first-order valence-electron chi connectivity index (χ1n) is 8.21. The number of likely N-dealkylation sites (tertiary alicyclic amines) is 1. The van der Waals surface area contributed by atoms with E-state index in [1.807, 2.05) is 0 Å². The number of hydrogen-bond acceptors (Lipinski definition) is 5. The number of hydrogen-bond donors (Lipinski definition) is 1. The number of carbonyl (C=O) groups is 1. The molecule has 1 aromatic carbocycles. The van der Waals surface area contributed by atoms with Crippen LogP contribution >= 0.6 is 0 Å². The molecule has 0 spiro atoms. The number of nitrogens with zero attached hydrogens (tertiary/aromatic N) is 4. The number of fused-ring (bicyclic) bond motifs is 5. The van der Waals surface area contributed by atoms with Crippen molar-refractivity contribution in [1.29, 1.82) is 5.26 Å². The monoisotopic (exact) mass is 394 g/mol. The van der Waals surface area contributed by atoms with Gasteiger partial charge in [0.05, 0.1) is 42.1 Å². The van der Waals surface area contributed by atoms with E-state index >= 15 is 0 Å². The van der Waals surface area contributed by atoms with Crippen LogP contribution in [0.3, 0.4) is 0 Å². The topological polar surface area (TPSA) is 100 Å². The molecule has 4 rings (SSSR count). The maximum Gasteiger partial charge on any atom is 0.417 e. The zero-order valence-electron chi connectivity index (χ0n) is 14.4. The van der Waals surface area contributed by atoms with Crippen molar-refractivity contribution in [3.63, 3.8) is 0 Å². The molecule has 11 heteroatoms. The molecule has 0 radical (unpaired) electrons. The van der Waals surface area contributed by atoms with Gasteiger partial charge in [0.2, 0.25) is 5.88 Å². The van der Waals surface area contributed by atoms with Gasteiger partial charge < -0.3 is 9.84 Å². The van der Waals surface area contributed by atoms with E-state index in [4.69, 9.17) is 10.00 Å². The summed E-state index contributed by atoms with van der Waals surface area (Å²) in [4.78, 5) is 26.1. The first kappa shape index (κ1) is 18.0. The zero-order chi connectivity index (χ0) is 20.4. The van der Waals surface area contributed by atoms with Crippen LogP contribution in [0.25, 0.3) is 5.69 Å². The Labute approximate surface area is 155 Å². The molecule has 0 saturated carbocycles. The number of aromatic nitrogens is 2. The van der Waals surface area contributed by atoms with E-state index in [-0.39, 0.29) is 17.9 Å². The fourth-order valence-corrected chi connectivity index (χ4v) is 4.00. The number of carbonyl (C=O) groups excluding carboxylic acids is 1. The predicted octanol–water partition coefficient (Wildman–Crippen LogP) is 2.30. The number of nitriles is 1. The Morgan fingerprint density at radius 3 is 2.71 bits per heavy atom. The van der Waals surface area contributed by atoms with Crippen LogP contribution in [0.1, 0.15) is 35.3 Å². The van der Waals surface area contributed by atoms with Gasteiger partial charge in [-0.05, 0) is 24.6 Å². The standard InChI is InChI=1S/C17H13F3N4O4/c1-28-16(27)22-7-10-5-12(22)13-14(25)24(15(26)23(10)13)9-3-2-8(6-21)11(4-9)17(18,19)20/h2-4,10,12,25H,5,7H2,1H3/t10-,12-/m0/s1. The van der Waals surface area contributed by atoms with Crippen molar-refractivity contribution in [2.75, 3.05) is 13.7 Å². The molecule has 1 aromatic heterocycles. The van der Waals surface area contributed by atoms with Gasteiger partial charge in [-0.3, -0.25) is 9.47 Å². The van der Waals surface area contributed by atoms with Crippen molar-refractivity contribution < 1.29 is 27.8 Å². The molecule has 28 heavy (non-hydrogen) atoms. The molecule has 0 unspecified atom stereocenters. The third-order valence-corrected chi connectivity index (χ3v) is 5.15. The summed E-state index contributed by atoms with van der Waals surface area (Å²) in [6.45, 7) is 0.203. The molecule has 0 aliphatic carbocycles. The molecule has 2 bridgehead atoms. The molecule has 1 amide bonds. The Morgan fingerprint density at radius 2 is 2.11 bits per heavy atom. The Kier molecular flexibility index (Phi) is 3.71. The molecule has 146 valence electrons. The van der Waals surface area contributed by atoms with E-state index in [1.165, 1.54) is 22.6 Å². The second kappa shape index (κ2) is 5.79. The second-order valence-corrected chi connectivity index (χ2v) is 6.56. The number of amides is 1. The highest BCUT2D eigenvalue weighted by molar-refractivity contribution is 5.69. The Morgan fingerprint density at radius 1 is 1.39 bits per heavy atom. The van der Waals surface area contributed by atoms with Crippen molar-refractivity contribution in [3.05, 3.63) is 45.5 Å².